The Balaban J connectivity index is 1.62. The summed E-state index contributed by atoms with van der Waals surface area (Å²) in [6, 6.07) is 10.9. The van der Waals surface area contributed by atoms with Crippen LogP contribution in [0, 0.1) is 0 Å². The monoisotopic (exact) mass is 349 g/mol. The van der Waals surface area contributed by atoms with Gasteiger partial charge in [0.1, 0.15) is 0 Å². The summed E-state index contributed by atoms with van der Waals surface area (Å²) >= 11 is 0. The van der Waals surface area contributed by atoms with Crippen LogP contribution in [0.3, 0.4) is 0 Å². The maximum atomic E-state index is 13.1. The fraction of sp³-hybridized carbons (Fsp3) is 0.455. The largest absolute Gasteiger partial charge is 0.340 e. The van der Waals surface area contributed by atoms with E-state index in [1.807, 2.05) is 12.3 Å². The molecule has 0 spiro atoms. The topological polar surface area (TPSA) is 36.4 Å². The van der Waals surface area contributed by atoms with Gasteiger partial charge in [-0.25, -0.2) is 0 Å². The van der Waals surface area contributed by atoms with Gasteiger partial charge in [0.15, 0.2) is 0 Å². The molecule has 0 N–H and O–H groups in total. The molecule has 0 aliphatic carbocycles. The summed E-state index contributed by atoms with van der Waals surface area (Å²) in [7, 11) is 0. The minimum absolute atomic E-state index is 0.135. The van der Waals surface area contributed by atoms with Gasteiger partial charge in [-0.05, 0) is 56.2 Å². The zero-order valence-electron chi connectivity index (χ0n) is 15.5. The third-order valence-electron chi connectivity index (χ3n) is 5.75. The van der Waals surface area contributed by atoms with Gasteiger partial charge >= 0.3 is 0 Å². The molecule has 0 radical (unpaired) electrons. The molecule has 1 aromatic heterocycles. The van der Waals surface area contributed by atoms with Crippen LogP contribution < -0.4 is 4.90 Å². The zero-order chi connectivity index (χ0) is 17.9. The fourth-order valence-corrected chi connectivity index (χ4v) is 4.35. The van der Waals surface area contributed by atoms with E-state index in [-0.39, 0.29) is 5.91 Å². The number of carbonyl (C=O) groups is 1. The third-order valence-corrected chi connectivity index (χ3v) is 5.75. The van der Waals surface area contributed by atoms with Crippen LogP contribution in [0.15, 0.2) is 42.7 Å². The van der Waals surface area contributed by atoms with Crippen LogP contribution in [0.5, 0.6) is 0 Å². The molecule has 0 saturated carbocycles. The number of pyridine rings is 1. The van der Waals surface area contributed by atoms with Crippen LogP contribution in [-0.4, -0.2) is 34.9 Å². The standard InChI is InChI=1S/C22H27N3O/c1-2-19-10-5-6-12-25(19)22(26)18-14-20(16-23-15-18)24-13-7-9-17-8-3-4-11-21(17)24/h3-4,8,11,14-16,19H,2,5-7,9-10,12-13H2,1H3. The van der Waals surface area contributed by atoms with E-state index in [0.29, 0.717) is 11.6 Å². The molecule has 0 bridgehead atoms. The van der Waals surface area contributed by atoms with Crippen molar-refractivity contribution in [1.29, 1.82) is 0 Å². The Morgan fingerprint density at radius 1 is 1.15 bits per heavy atom. The molecular weight excluding hydrogens is 322 g/mol. The molecule has 4 nitrogen and oxygen atoms in total. The van der Waals surface area contributed by atoms with Gasteiger partial charge in [0.2, 0.25) is 0 Å². The number of aryl methyl sites for hydroxylation is 1. The molecule has 26 heavy (non-hydrogen) atoms. The quantitative estimate of drug-likeness (QED) is 0.814. The Morgan fingerprint density at radius 3 is 2.92 bits per heavy atom. The average molecular weight is 349 g/mol. The summed E-state index contributed by atoms with van der Waals surface area (Å²) in [5, 5.41) is 0. The van der Waals surface area contributed by atoms with E-state index in [1.54, 1.807) is 6.20 Å². The highest BCUT2D eigenvalue weighted by atomic mass is 16.2. The minimum Gasteiger partial charge on any atom is -0.340 e. The molecule has 2 aliphatic rings. The lowest BCUT2D eigenvalue weighted by molar-refractivity contribution is 0.0607. The molecular formula is C22H27N3O. The number of piperidine rings is 1. The van der Waals surface area contributed by atoms with Crippen LogP contribution in [0.2, 0.25) is 0 Å². The summed E-state index contributed by atoms with van der Waals surface area (Å²) < 4.78 is 0. The van der Waals surface area contributed by atoms with Crippen LogP contribution in [0.1, 0.15) is 54.9 Å². The Morgan fingerprint density at radius 2 is 2.04 bits per heavy atom. The number of hydrogen-bond acceptors (Lipinski definition) is 3. The third kappa shape index (κ3) is 3.20. The van der Waals surface area contributed by atoms with Gasteiger partial charge in [-0.1, -0.05) is 25.1 Å². The van der Waals surface area contributed by atoms with Crippen LogP contribution in [0.25, 0.3) is 0 Å². The number of hydrogen-bond donors (Lipinski definition) is 0. The molecule has 3 heterocycles. The van der Waals surface area contributed by atoms with Crippen LogP contribution >= 0.6 is 0 Å². The van der Waals surface area contributed by atoms with Crippen molar-refractivity contribution >= 4 is 17.3 Å². The number of fused-ring (bicyclic) bond motifs is 1. The molecule has 2 aromatic rings. The molecule has 2 aliphatic heterocycles. The highest BCUT2D eigenvalue weighted by Crippen LogP contribution is 2.33. The molecule has 4 heteroatoms. The number of nitrogens with zero attached hydrogens (tertiary/aromatic N) is 3. The van der Waals surface area contributed by atoms with Gasteiger partial charge in [-0.15, -0.1) is 0 Å². The van der Waals surface area contributed by atoms with Crippen LogP contribution in [0.4, 0.5) is 11.4 Å². The second kappa shape index (κ2) is 7.48. The highest BCUT2D eigenvalue weighted by Gasteiger charge is 2.27. The van der Waals surface area contributed by atoms with Gasteiger partial charge in [-0.2, -0.15) is 0 Å². The molecule has 1 aromatic carbocycles. The summed E-state index contributed by atoms with van der Waals surface area (Å²) in [6.07, 6.45) is 10.3. The van der Waals surface area contributed by atoms with Crippen molar-refractivity contribution in [3.05, 3.63) is 53.9 Å². The van der Waals surface area contributed by atoms with Crippen molar-refractivity contribution in [2.45, 2.75) is 51.5 Å². The van der Waals surface area contributed by atoms with Crippen molar-refractivity contribution in [3.63, 3.8) is 0 Å². The molecule has 4 rings (SSSR count). The van der Waals surface area contributed by atoms with Crippen molar-refractivity contribution < 1.29 is 4.79 Å². The first-order chi connectivity index (χ1) is 12.8. The number of rotatable bonds is 3. The molecule has 1 saturated heterocycles. The van der Waals surface area contributed by atoms with Crippen molar-refractivity contribution in [1.82, 2.24) is 9.88 Å². The number of carbonyl (C=O) groups excluding carboxylic acids is 1. The second-order valence-electron chi connectivity index (χ2n) is 7.37. The number of para-hydroxylation sites is 1. The summed E-state index contributed by atoms with van der Waals surface area (Å²) in [4.78, 5) is 21.9. The Labute approximate surface area is 155 Å². The molecule has 136 valence electrons. The maximum Gasteiger partial charge on any atom is 0.255 e. The number of anilines is 2. The molecule has 1 amide bonds. The lowest BCUT2D eigenvalue weighted by atomic mass is 9.99. The minimum atomic E-state index is 0.135. The lowest BCUT2D eigenvalue weighted by Crippen LogP contribution is -2.43. The van der Waals surface area contributed by atoms with Crippen LogP contribution in [-0.2, 0) is 6.42 Å². The number of benzene rings is 1. The predicted molar refractivity (Wildman–Crippen MR) is 105 cm³/mol. The van der Waals surface area contributed by atoms with E-state index < -0.39 is 0 Å². The van der Waals surface area contributed by atoms with E-state index in [9.17, 15) is 4.79 Å². The van der Waals surface area contributed by atoms with E-state index >= 15 is 0 Å². The SMILES string of the molecule is CCC1CCCCN1C(=O)c1cncc(N2CCCc3ccccc32)c1. The van der Waals surface area contributed by atoms with Crippen molar-refractivity contribution in [3.8, 4) is 0 Å². The molecule has 1 atom stereocenters. The average Bonchev–Trinajstić information content (AvgIpc) is 2.73. The first kappa shape index (κ1) is 17.1. The summed E-state index contributed by atoms with van der Waals surface area (Å²) in [5.41, 5.74) is 4.35. The van der Waals surface area contributed by atoms with Crippen molar-refractivity contribution in [2.75, 3.05) is 18.0 Å². The molecule has 1 fully saturated rings. The normalized spacial score (nSPS) is 20.0. The second-order valence-corrected chi connectivity index (χ2v) is 7.37. The Hall–Kier alpha value is -2.36. The summed E-state index contributed by atoms with van der Waals surface area (Å²) in [6.45, 7) is 4.02. The van der Waals surface area contributed by atoms with Gasteiger partial charge in [0, 0.05) is 31.0 Å². The number of amides is 1. The van der Waals surface area contributed by atoms with Gasteiger partial charge < -0.3 is 9.80 Å². The number of aromatic nitrogens is 1. The molecule has 1 unspecified atom stereocenters. The highest BCUT2D eigenvalue weighted by molar-refractivity contribution is 5.95. The van der Waals surface area contributed by atoms with E-state index in [2.05, 4.69) is 46.0 Å². The maximum absolute atomic E-state index is 13.1. The van der Waals surface area contributed by atoms with Gasteiger partial charge in [-0.3, -0.25) is 9.78 Å². The number of likely N-dealkylation sites (tertiary alicyclic amines) is 1. The zero-order valence-corrected chi connectivity index (χ0v) is 15.5. The first-order valence-electron chi connectivity index (χ1n) is 9.89. The summed E-state index contributed by atoms with van der Waals surface area (Å²) in [5.74, 6) is 0.135. The van der Waals surface area contributed by atoms with E-state index in [1.165, 1.54) is 17.7 Å². The van der Waals surface area contributed by atoms with E-state index in [0.717, 1.165) is 50.9 Å². The Kier molecular flexibility index (Phi) is 4.91. The lowest BCUT2D eigenvalue weighted by Gasteiger charge is -2.35. The van der Waals surface area contributed by atoms with Gasteiger partial charge in [0.05, 0.1) is 17.4 Å². The Bertz CT molecular complexity index is 788. The fourth-order valence-electron chi connectivity index (χ4n) is 4.35. The first-order valence-corrected chi connectivity index (χ1v) is 9.89. The van der Waals surface area contributed by atoms with Gasteiger partial charge in [0.25, 0.3) is 5.91 Å². The van der Waals surface area contributed by atoms with E-state index in [4.69, 9.17) is 0 Å². The smallest absolute Gasteiger partial charge is 0.255 e. The predicted octanol–water partition coefficient (Wildman–Crippen LogP) is 4.57. The van der Waals surface area contributed by atoms with Crippen molar-refractivity contribution in [2.24, 2.45) is 0 Å².